The number of thioether (sulfide) groups is 1. The van der Waals surface area contributed by atoms with Crippen LogP contribution in [0.5, 0.6) is 0 Å². The quantitative estimate of drug-likeness (QED) is 0.347. The normalized spacial score (nSPS) is 11.9. The van der Waals surface area contributed by atoms with Crippen molar-refractivity contribution in [1.82, 2.24) is 0 Å². The molecule has 0 fully saturated rings. The second-order valence-electron chi connectivity index (χ2n) is 6.35. The number of hydrogen-bond acceptors (Lipinski definition) is 2. The largest absolute Gasteiger partial charge is 0.391 e. The molecule has 0 aliphatic carbocycles. The molecular weight excluding hydrogens is 336 g/mol. The third-order valence-corrected chi connectivity index (χ3v) is 5.50. The van der Waals surface area contributed by atoms with Crippen molar-refractivity contribution in [3.8, 4) is 0 Å². The van der Waals surface area contributed by atoms with Crippen LogP contribution in [0.25, 0.3) is 6.08 Å². The van der Waals surface area contributed by atoms with Gasteiger partial charge in [-0.2, -0.15) is 0 Å². The Hall–Kier alpha value is -0.440. The highest BCUT2D eigenvalue weighted by Crippen LogP contribution is 2.22. The molecule has 0 atom stereocenters. The van der Waals surface area contributed by atoms with Crippen molar-refractivity contribution in [3.05, 3.63) is 39.8 Å². The molecule has 0 spiro atoms. The number of halogens is 1. The van der Waals surface area contributed by atoms with Gasteiger partial charge in [0.25, 0.3) is 0 Å². The highest BCUT2D eigenvalue weighted by Gasteiger charge is 1.99. The summed E-state index contributed by atoms with van der Waals surface area (Å²) in [6.07, 6.45) is 15.7. The molecule has 0 radical (unpaired) electrons. The summed E-state index contributed by atoms with van der Waals surface area (Å²) in [7, 11) is 0. The lowest BCUT2D eigenvalue weighted by molar-refractivity contribution is 0.340. The molecule has 0 aliphatic heterocycles. The van der Waals surface area contributed by atoms with E-state index in [4.69, 9.17) is 11.6 Å². The average Bonchev–Trinajstić information content (AvgIpc) is 2.60. The zero-order valence-corrected chi connectivity index (χ0v) is 16.7. The minimum Gasteiger partial charge on any atom is -0.391 e. The van der Waals surface area contributed by atoms with Crippen LogP contribution in [-0.4, -0.2) is 17.5 Å². The number of benzene rings is 1. The Morgan fingerprint density at radius 1 is 0.917 bits per heavy atom. The van der Waals surface area contributed by atoms with Gasteiger partial charge >= 0.3 is 0 Å². The van der Waals surface area contributed by atoms with E-state index < -0.39 is 0 Å². The monoisotopic (exact) mass is 368 g/mol. The van der Waals surface area contributed by atoms with Crippen LogP contribution < -0.4 is 0 Å². The fourth-order valence-corrected chi connectivity index (χ4v) is 3.72. The molecule has 1 nitrogen and oxygen atoms in total. The number of rotatable bonds is 14. The minimum atomic E-state index is 0.116. The van der Waals surface area contributed by atoms with Crippen molar-refractivity contribution < 1.29 is 5.11 Å². The van der Waals surface area contributed by atoms with Crippen molar-refractivity contribution >= 4 is 29.4 Å². The van der Waals surface area contributed by atoms with E-state index in [0.29, 0.717) is 0 Å². The first-order chi connectivity index (χ1) is 11.8. The maximum absolute atomic E-state index is 9.49. The van der Waals surface area contributed by atoms with E-state index in [-0.39, 0.29) is 6.61 Å². The van der Waals surface area contributed by atoms with Crippen LogP contribution in [-0.2, 0) is 0 Å². The number of aliphatic hydroxyl groups is 1. The van der Waals surface area contributed by atoms with E-state index in [1.165, 1.54) is 64.2 Å². The smallest absolute Gasteiger partial charge is 0.0740 e. The summed E-state index contributed by atoms with van der Waals surface area (Å²) in [6, 6.07) is 7.74. The van der Waals surface area contributed by atoms with Crippen LogP contribution in [0.3, 0.4) is 0 Å². The Morgan fingerprint density at radius 3 is 2.00 bits per heavy atom. The van der Waals surface area contributed by atoms with E-state index in [1.54, 1.807) is 11.8 Å². The van der Waals surface area contributed by atoms with Gasteiger partial charge in [-0.25, -0.2) is 0 Å². The summed E-state index contributed by atoms with van der Waals surface area (Å²) >= 11 is 7.67. The Labute approximate surface area is 157 Å². The first-order valence-electron chi connectivity index (χ1n) is 9.46. The SMILES string of the molecule is CCCCCCCCCCCCSC(=Cc1ccc(Cl)cc1)CO. The highest BCUT2D eigenvalue weighted by molar-refractivity contribution is 8.03. The number of unbranched alkanes of at least 4 members (excludes halogenated alkanes) is 9. The van der Waals surface area contributed by atoms with Crippen LogP contribution in [0.4, 0.5) is 0 Å². The van der Waals surface area contributed by atoms with Gasteiger partial charge in [-0.1, -0.05) is 88.4 Å². The standard InChI is InChI=1S/C21H33ClOS/c1-2-3-4-5-6-7-8-9-10-11-16-24-21(18-23)17-19-12-14-20(22)15-13-19/h12-15,17,23H,2-11,16,18H2,1H3. The Balaban J connectivity index is 2.05. The van der Waals surface area contributed by atoms with Gasteiger partial charge in [-0.05, 0) is 35.9 Å². The molecule has 1 aromatic carbocycles. The molecule has 0 aromatic heterocycles. The summed E-state index contributed by atoms with van der Waals surface area (Å²) in [5.74, 6) is 1.09. The summed E-state index contributed by atoms with van der Waals surface area (Å²) in [5.41, 5.74) is 1.10. The van der Waals surface area contributed by atoms with E-state index >= 15 is 0 Å². The Bertz CT molecular complexity index is 442. The third kappa shape index (κ3) is 11.2. The van der Waals surface area contributed by atoms with Gasteiger partial charge < -0.3 is 5.11 Å². The van der Waals surface area contributed by atoms with E-state index in [1.807, 2.05) is 24.3 Å². The van der Waals surface area contributed by atoms with Crippen molar-refractivity contribution in [2.75, 3.05) is 12.4 Å². The predicted molar refractivity (Wildman–Crippen MR) is 111 cm³/mol. The minimum absolute atomic E-state index is 0.116. The third-order valence-electron chi connectivity index (χ3n) is 4.14. The molecule has 0 unspecified atom stereocenters. The van der Waals surface area contributed by atoms with Crippen LogP contribution in [0.1, 0.15) is 76.7 Å². The molecule has 136 valence electrons. The molecule has 3 heteroatoms. The van der Waals surface area contributed by atoms with Gasteiger partial charge in [-0.15, -0.1) is 11.8 Å². The van der Waals surface area contributed by atoms with Gasteiger partial charge in [-0.3, -0.25) is 0 Å². The van der Waals surface area contributed by atoms with Crippen molar-refractivity contribution in [3.63, 3.8) is 0 Å². The molecule has 0 saturated carbocycles. The summed E-state index contributed by atoms with van der Waals surface area (Å²) in [4.78, 5) is 1.04. The van der Waals surface area contributed by atoms with E-state index in [9.17, 15) is 5.11 Å². The van der Waals surface area contributed by atoms with Gasteiger partial charge in [0, 0.05) is 9.93 Å². The van der Waals surface area contributed by atoms with Gasteiger partial charge in [0.1, 0.15) is 0 Å². The lowest BCUT2D eigenvalue weighted by Gasteiger charge is -2.05. The van der Waals surface area contributed by atoms with Crippen LogP contribution in [0, 0.1) is 0 Å². The first-order valence-corrected chi connectivity index (χ1v) is 10.8. The second kappa shape index (κ2) is 14.9. The van der Waals surface area contributed by atoms with Gasteiger partial charge in [0.05, 0.1) is 6.61 Å². The van der Waals surface area contributed by atoms with E-state index in [2.05, 4.69) is 13.0 Å². The Kier molecular flexibility index (Phi) is 13.4. The fraction of sp³-hybridized carbons (Fsp3) is 0.619. The molecule has 1 aromatic rings. The molecule has 0 amide bonds. The maximum Gasteiger partial charge on any atom is 0.0740 e. The van der Waals surface area contributed by atoms with Crippen molar-refractivity contribution in [1.29, 1.82) is 0 Å². The average molecular weight is 369 g/mol. The number of hydrogen-bond donors (Lipinski definition) is 1. The molecule has 24 heavy (non-hydrogen) atoms. The van der Waals surface area contributed by atoms with Gasteiger partial charge in [0.2, 0.25) is 0 Å². The summed E-state index contributed by atoms with van der Waals surface area (Å²) in [5, 5.41) is 10.2. The molecular formula is C21H33ClOS. The van der Waals surface area contributed by atoms with E-state index in [0.717, 1.165) is 21.2 Å². The zero-order chi connectivity index (χ0) is 17.5. The molecule has 1 N–H and O–H groups in total. The summed E-state index contributed by atoms with van der Waals surface area (Å²) < 4.78 is 0. The lowest BCUT2D eigenvalue weighted by Crippen LogP contribution is -1.89. The fourth-order valence-electron chi connectivity index (χ4n) is 2.67. The number of aliphatic hydroxyl groups excluding tert-OH is 1. The summed E-state index contributed by atoms with van der Waals surface area (Å²) in [6.45, 7) is 2.38. The molecule has 0 aliphatic rings. The zero-order valence-electron chi connectivity index (χ0n) is 15.1. The van der Waals surface area contributed by atoms with Crippen molar-refractivity contribution in [2.45, 2.75) is 71.1 Å². The molecule has 0 heterocycles. The first kappa shape index (κ1) is 21.6. The lowest BCUT2D eigenvalue weighted by atomic mass is 10.1. The van der Waals surface area contributed by atoms with Gasteiger partial charge in [0.15, 0.2) is 0 Å². The molecule has 0 saturated heterocycles. The van der Waals surface area contributed by atoms with Crippen LogP contribution in [0.2, 0.25) is 5.02 Å². The molecule has 0 bridgehead atoms. The second-order valence-corrected chi connectivity index (χ2v) is 8.01. The van der Waals surface area contributed by atoms with Crippen LogP contribution >= 0.6 is 23.4 Å². The van der Waals surface area contributed by atoms with Crippen LogP contribution in [0.15, 0.2) is 29.2 Å². The topological polar surface area (TPSA) is 20.2 Å². The molecule has 1 rings (SSSR count). The Morgan fingerprint density at radius 2 is 1.46 bits per heavy atom. The van der Waals surface area contributed by atoms with Crippen molar-refractivity contribution in [2.24, 2.45) is 0 Å². The highest BCUT2D eigenvalue weighted by atomic mass is 35.5. The maximum atomic E-state index is 9.49. The predicted octanol–water partition coefficient (Wildman–Crippen LogP) is 7.33.